The Morgan fingerprint density at radius 3 is 2.32 bits per heavy atom. The van der Waals surface area contributed by atoms with E-state index in [2.05, 4.69) is 36.1 Å². The Balaban J connectivity index is 2.42. The molecule has 2 aromatic rings. The Hall–Kier alpha value is -1.68. The van der Waals surface area contributed by atoms with Gasteiger partial charge in [0.2, 0.25) is 0 Å². The first-order valence-corrected chi connectivity index (χ1v) is 6.68. The summed E-state index contributed by atoms with van der Waals surface area (Å²) in [4.78, 5) is 9.25. The van der Waals surface area contributed by atoms with Gasteiger partial charge in [-0.1, -0.05) is 26.0 Å². The van der Waals surface area contributed by atoms with Crippen molar-refractivity contribution in [3.05, 3.63) is 30.0 Å². The van der Waals surface area contributed by atoms with E-state index in [9.17, 15) is 0 Å². The van der Waals surface area contributed by atoms with Crippen molar-refractivity contribution in [1.82, 2.24) is 9.97 Å². The van der Waals surface area contributed by atoms with E-state index in [1.165, 1.54) is 0 Å². The molecule has 0 saturated carbocycles. The van der Waals surface area contributed by atoms with Gasteiger partial charge in [0.1, 0.15) is 5.82 Å². The highest BCUT2D eigenvalue weighted by Gasteiger charge is 2.27. The van der Waals surface area contributed by atoms with Gasteiger partial charge in [-0.3, -0.25) is 0 Å². The van der Waals surface area contributed by atoms with Gasteiger partial charge in [0.25, 0.3) is 0 Å². The minimum absolute atomic E-state index is 0.179. The Morgan fingerprint density at radius 1 is 1.21 bits per heavy atom. The van der Waals surface area contributed by atoms with Gasteiger partial charge in [-0.2, -0.15) is 0 Å². The van der Waals surface area contributed by atoms with Crippen LogP contribution >= 0.6 is 0 Å². The summed E-state index contributed by atoms with van der Waals surface area (Å²) < 4.78 is 0. The molecule has 3 N–H and O–H groups in total. The van der Waals surface area contributed by atoms with Crippen molar-refractivity contribution in [1.29, 1.82) is 0 Å². The molecule has 1 aromatic heterocycles. The number of nitrogens with zero attached hydrogens (tertiary/aromatic N) is 2. The maximum absolute atomic E-state index is 5.91. The summed E-state index contributed by atoms with van der Waals surface area (Å²) in [7, 11) is 0. The molecule has 1 unspecified atom stereocenters. The summed E-state index contributed by atoms with van der Waals surface area (Å²) in [5.74, 6) is 1.23. The number of aromatic nitrogens is 2. The Labute approximate surface area is 114 Å². The van der Waals surface area contributed by atoms with Gasteiger partial charge in [0.05, 0.1) is 22.3 Å². The van der Waals surface area contributed by atoms with Crippen molar-refractivity contribution in [2.45, 2.75) is 33.2 Å². The summed E-state index contributed by atoms with van der Waals surface area (Å²) in [6, 6.07) is 7.90. The lowest BCUT2D eigenvalue weighted by atomic mass is 9.88. The molecule has 0 saturated heterocycles. The summed E-state index contributed by atoms with van der Waals surface area (Å²) in [6.07, 6.45) is 0. The maximum Gasteiger partial charge on any atom is 0.148 e. The number of aryl methyl sites for hydroxylation is 1. The lowest BCUT2D eigenvalue weighted by Crippen LogP contribution is -2.47. The van der Waals surface area contributed by atoms with Gasteiger partial charge >= 0.3 is 0 Å². The molecule has 19 heavy (non-hydrogen) atoms. The standard InChI is InChI=1S/C15H22N4/c1-10(2)15(4,9-16)19-14-11(3)17-12-7-5-6-8-13(12)18-14/h5-8,10H,9,16H2,1-4H3,(H,18,19). The smallest absolute Gasteiger partial charge is 0.148 e. The molecular weight excluding hydrogens is 236 g/mol. The first-order chi connectivity index (χ1) is 8.96. The van der Waals surface area contributed by atoms with Crippen molar-refractivity contribution in [2.75, 3.05) is 11.9 Å². The zero-order valence-corrected chi connectivity index (χ0v) is 12.1. The Morgan fingerprint density at radius 2 is 1.79 bits per heavy atom. The first kappa shape index (κ1) is 13.7. The molecule has 0 spiro atoms. The molecule has 0 aliphatic rings. The van der Waals surface area contributed by atoms with E-state index in [0.717, 1.165) is 22.5 Å². The molecule has 4 heteroatoms. The number of para-hydroxylation sites is 2. The lowest BCUT2D eigenvalue weighted by molar-refractivity contribution is 0.381. The van der Waals surface area contributed by atoms with Crippen molar-refractivity contribution < 1.29 is 0 Å². The molecule has 0 amide bonds. The fourth-order valence-electron chi connectivity index (χ4n) is 1.91. The first-order valence-electron chi connectivity index (χ1n) is 6.68. The molecule has 1 aromatic carbocycles. The Bertz CT molecular complexity index is 579. The molecular formula is C15H22N4. The van der Waals surface area contributed by atoms with E-state index in [4.69, 9.17) is 5.73 Å². The van der Waals surface area contributed by atoms with Crippen LogP contribution in [0.4, 0.5) is 5.82 Å². The average molecular weight is 258 g/mol. The van der Waals surface area contributed by atoms with Crippen LogP contribution < -0.4 is 11.1 Å². The second-order valence-corrected chi connectivity index (χ2v) is 5.55. The fourth-order valence-corrected chi connectivity index (χ4v) is 1.91. The van der Waals surface area contributed by atoms with Crippen LogP contribution in [0.2, 0.25) is 0 Å². The van der Waals surface area contributed by atoms with Crippen LogP contribution in [-0.4, -0.2) is 22.1 Å². The molecule has 1 atom stereocenters. The van der Waals surface area contributed by atoms with E-state index in [1.807, 2.05) is 31.2 Å². The predicted octanol–water partition coefficient (Wildman–Crippen LogP) is 2.72. The highest BCUT2D eigenvalue weighted by Crippen LogP contribution is 2.24. The zero-order chi connectivity index (χ0) is 14.0. The monoisotopic (exact) mass is 258 g/mol. The molecule has 0 bridgehead atoms. The molecule has 0 fully saturated rings. The fraction of sp³-hybridized carbons (Fsp3) is 0.467. The summed E-state index contributed by atoms with van der Waals surface area (Å²) >= 11 is 0. The average Bonchev–Trinajstić information content (AvgIpc) is 2.39. The van der Waals surface area contributed by atoms with Crippen LogP contribution in [0, 0.1) is 12.8 Å². The second kappa shape index (κ2) is 5.13. The number of hydrogen-bond donors (Lipinski definition) is 2. The van der Waals surface area contributed by atoms with E-state index in [0.29, 0.717) is 12.5 Å². The highest BCUT2D eigenvalue weighted by atomic mass is 15.1. The van der Waals surface area contributed by atoms with Gasteiger partial charge in [0, 0.05) is 6.54 Å². The van der Waals surface area contributed by atoms with Gasteiger partial charge in [0.15, 0.2) is 0 Å². The van der Waals surface area contributed by atoms with Crippen molar-refractivity contribution in [3.63, 3.8) is 0 Å². The Kier molecular flexibility index (Phi) is 3.71. The molecule has 0 radical (unpaired) electrons. The predicted molar refractivity (Wildman–Crippen MR) is 80.2 cm³/mol. The summed E-state index contributed by atoms with van der Waals surface area (Å²) in [5.41, 5.74) is 8.45. The van der Waals surface area contributed by atoms with E-state index in [-0.39, 0.29) is 5.54 Å². The highest BCUT2D eigenvalue weighted by molar-refractivity contribution is 5.76. The van der Waals surface area contributed by atoms with Crippen LogP contribution in [-0.2, 0) is 0 Å². The number of fused-ring (bicyclic) bond motifs is 1. The third-order valence-corrected chi connectivity index (χ3v) is 3.85. The van der Waals surface area contributed by atoms with Gasteiger partial charge in [-0.05, 0) is 31.9 Å². The molecule has 102 valence electrons. The number of anilines is 1. The third kappa shape index (κ3) is 2.68. The number of nitrogens with two attached hydrogens (primary N) is 1. The van der Waals surface area contributed by atoms with Crippen LogP contribution in [0.1, 0.15) is 26.5 Å². The second-order valence-electron chi connectivity index (χ2n) is 5.55. The minimum Gasteiger partial charge on any atom is -0.362 e. The van der Waals surface area contributed by atoms with E-state index >= 15 is 0 Å². The SMILES string of the molecule is Cc1nc2ccccc2nc1NC(C)(CN)C(C)C. The number of rotatable bonds is 4. The molecule has 1 heterocycles. The van der Waals surface area contributed by atoms with E-state index in [1.54, 1.807) is 0 Å². The maximum atomic E-state index is 5.91. The van der Waals surface area contributed by atoms with Crippen LogP contribution in [0.5, 0.6) is 0 Å². The molecule has 4 nitrogen and oxygen atoms in total. The van der Waals surface area contributed by atoms with Gasteiger partial charge in [-0.25, -0.2) is 9.97 Å². The summed E-state index contributed by atoms with van der Waals surface area (Å²) in [6.45, 7) is 8.96. The number of benzene rings is 1. The normalized spacial score (nSPS) is 14.6. The van der Waals surface area contributed by atoms with Crippen LogP contribution in [0.3, 0.4) is 0 Å². The quantitative estimate of drug-likeness (QED) is 0.885. The van der Waals surface area contributed by atoms with Gasteiger partial charge in [-0.15, -0.1) is 0 Å². The third-order valence-electron chi connectivity index (χ3n) is 3.85. The summed E-state index contributed by atoms with van der Waals surface area (Å²) in [5, 5.41) is 3.47. The lowest BCUT2D eigenvalue weighted by Gasteiger charge is -2.34. The molecule has 0 aliphatic heterocycles. The van der Waals surface area contributed by atoms with Crippen molar-refractivity contribution in [2.24, 2.45) is 11.7 Å². The number of hydrogen-bond acceptors (Lipinski definition) is 4. The van der Waals surface area contributed by atoms with E-state index < -0.39 is 0 Å². The van der Waals surface area contributed by atoms with Gasteiger partial charge < -0.3 is 11.1 Å². The molecule has 0 aliphatic carbocycles. The van der Waals surface area contributed by atoms with Crippen LogP contribution in [0.25, 0.3) is 11.0 Å². The molecule has 2 rings (SSSR count). The number of nitrogens with one attached hydrogen (secondary N) is 1. The van der Waals surface area contributed by atoms with Crippen LogP contribution in [0.15, 0.2) is 24.3 Å². The topological polar surface area (TPSA) is 63.8 Å². The minimum atomic E-state index is -0.179. The largest absolute Gasteiger partial charge is 0.362 e. The van der Waals surface area contributed by atoms with Crippen molar-refractivity contribution >= 4 is 16.9 Å². The van der Waals surface area contributed by atoms with Crippen molar-refractivity contribution in [3.8, 4) is 0 Å². The zero-order valence-electron chi connectivity index (χ0n) is 12.1.